The average molecular weight is 391 g/mol. The van der Waals surface area contributed by atoms with Crippen LogP contribution in [0.2, 0.25) is 0 Å². The fourth-order valence-electron chi connectivity index (χ4n) is 3.96. The summed E-state index contributed by atoms with van der Waals surface area (Å²) < 4.78 is 11.2. The van der Waals surface area contributed by atoms with Crippen LogP contribution in [0.5, 0.6) is 0 Å². The molecule has 0 N–H and O–H groups in total. The van der Waals surface area contributed by atoms with Gasteiger partial charge in [-0.25, -0.2) is 0 Å². The van der Waals surface area contributed by atoms with Gasteiger partial charge in [0.15, 0.2) is 5.43 Å². The van der Waals surface area contributed by atoms with E-state index < -0.39 is 6.04 Å². The van der Waals surface area contributed by atoms with Crippen molar-refractivity contribution < 1.29 is 13.9 Å². The Morgan fingerprint density at radius 1 is 1.10 bits per heavy atom. The van der Waals surface area contributed by atoms with Crippen molar-refractivity contribution in [3.63, 3.8) is 0 Å². The van der Waals surface area contributed by atoms with Crippen LogP contribution in [0, 0.1) is 6.92 Å². The molecular weight excluding hydrogens is 366 g/mol. The summed E-state index contributed by atoms with van der Waals surface area (Å²) in [5.74, 6) is 0.276. The summed E-state index contributed by atoms with van der Waals surface area (Å²) in [4.78, 5) is 28.3. The molecule has 0 unspecified atom stereocenters. The molecule has 0 spiro atoms. The van der Waals surface area contributed by atoms with Crippen LogP contribution < -0.4 is 5.43 Å². The van der Waals surface area contributed by atoms with Crippen LogP contribution in [0.4, 0.5) is 0 Å². The Morgan fingerprint density at radius 2 is 1.83 bits per heavy atom. The first-order valence-corrected chi connectivity index (χ1v) is 9.89. The number of methoxy groups -OCH3 is 1. The molecule has 29 heavy (non-hydrogen) atoms. The van der Waals surface area contributed by atoms with Crippen LogP contribution in [0.3, 0.4) is 0 Å². The lowest BCUT2D eigenvalue weighted by Crippen LogP contribution is -2.32. The molecule has 150 valence electrons. The Hall–Kier alpha value is -2.92. The molecule has 4 rings (SSSR count). The van der Waals surface area contributed by atoms with Crippen molar-refractivity contribution in [3.05, 3.63) is 80.7 Å². The first-order chi connectivity index (χ1) is 13.9. The van der Waals surface area contributed by atoms with Gasteiger partial charge in [0.05, 0.1) is 23.6 Å². The van der Waals surface area contributed by atoms with Gasteiger partial charge < -0.3 is 14.1 Å². The maximum Gasteiger partial charge on any atom is 0.290 e. The maximum absolute atomic E-state index is 13.4. The molecule has 5 nitrogen and oxygen atoms in total. The summed E-state index contributed by atoms with van der Waals surface area (Å²) in [7, 11) is 1.60. The van der Waals surface area contributed by atoms with E-state index in [2.05, 4.69) is 26.0 Å². The molecule has 3 aromatic rings. The number of hydrogen-bond acceptors (Lipinski definition) is 4. The lowest BCUT2D eigenvalue weighted by atomic mass is 9.95. The van der Waals surface area contributed by atoms with E-state index in [0.717, 1.165) is 11.1 Å². The van der Waals surface area contributed by atoms with Crippen molar-refractivity contribution in [1.82, 2.24) is 4.90 Å². The van der Waals surface area contributed by atoms with Crippen molar-refractivity contribution in [2.75, 3.05) is 20.3 Å². The maximum atomic E-state index is 13.4. The number of hydrogen-bond donors (Lipinski definition) is 0. The zero-order valence-corrected chi connectivity index (χ0v) is 17.2. The van der Waals surface area contributed by atoms with Crippen molar-refractivity contribution in [1.29, 1.82) is 0 Å². The van der Waals surface area contributed by atoms with E-state index in [1.54, 1.807) is 18.1 Å². The standard InChI is InChI=1S/C24H25NO4/c1-14(2)16-6-8-17(9-7-16)21-20-22(26)18-13-15(3)5-10-19(18)29-23(20)24(27)25(21)11-12-28-4/h5-10,13-14,21H,11-12H2,1-4H3/t21-/m0/s1. The van der Waals surface area contributed by atoms with E-state index in [1.807, 2.05) is 31.2 Å². The number of aryl methyl sites for hydroxylation is 1. The van der Waals surface area contributed by atoms with Crippen LogP contribution >= 0.6 is 0 Å². The molecule has 1 atom stereocenters. The SMILES string of the molecule is COCCN1C(=O)c2oc3ccc(C)cc3c(=O)c2[C@@H]1c1ccc(C(C)C)cc1. The lowest BCUT2D eigenvalue weighted by molar-refractivity contribution is 0.0663. The predicted octanol–water partition coefficient (Wildman–Crippen LogP) is 4.42. The summed E-state index contributed by atoms with van der Waals surface area (Å²) in [5.41, 5.74) is 3.80. The fraction of sp³-hybridized carbons (Fsp3) is 0.333. The Morgan fingerprint density at radius 3 is 2.48 bits per heavy atom. The number of nitrogens with zero attached hydrogens (tertiary/aromatic N) is 1. The van der Waals surface area contributed by atoms with Crippen LogP contribution in [0.25, 0.3) is 11.0 Å². The Bertz CT molecular complexity index is 1130. The molecule has 2 aromatic carbocycles. The Kier molecular flexibility index (Phi) is 5.01. The van der Waals surface area contributed by atoms with Gasteiger partial charge in [-0.3, -0.25) is 9.59 Å². The zero-order chi connectivity index (χ0) is 20.7. The van der Waals surface area contributed by atoms with Gasteiger partial charge in [-0.1, -0.05) is 49.7 Å². The normalized spacial score (nSPS) is 16.1. The molecule has 0 bridgehead atoms. The summed E-state index contributed by atoms with van der Waals surface area (Å²) in [6.45, 7) is 6.97. The summed E-state index contributed by atoms with van der Waals surface area (Å²) in [6, 6.07) is 13.1. The van der Waals surface area contributed by atoms with Gasteiger partial charge in [-0.05, 0) is 36.1 Å². The number of carbonyl (C=O) groups excluding carboxylic acids is 1. The van der Waals surface area contributed by atoms with Crippen molar-refractivity contribution >= 4 is 16.9 Å². The van der Waals surface area contributed by atoms with Gasteiger partial charge in [0.1, 0.15) is 5.58 Å². The summed E-state index contributed by atoms with van der Waals surface area (Å²) >= 11 is 0. The van der Waals surface area contributed by atoms with Gasteiger partial charge in [0, 0.05) is 13.7 Å². The zero-order valence-electron chi connectivity index (χ0n) is 17.2. The largest absolute Gasteiger partial charge is 0.450 e. The van der Waals surface area contributed by atoms with Crippen molar-refractivity contribution in [2.45, 2.75) is 32.7 Å². The minimum Gasteiger partial charge on any atom is -0.450 e. The molecule has 5 heteroatoms. The molecule has 0 aliphatic carbocycles. The Labute approximate surface area is 169 Å². The van der Waals surface area contributed by atoms with Gasteiger partial charge in [-0.2, -0.15) is 0 Å². The van der Waals surface area contributed by atoms with Gasteiger partial charge in [0.2, 0.25) is 5.76 Å². The minimum atomic E-state index is -0.477. The van der Waals surface area contributed by atoms with Crippen LogP contribution in [-0.2, 0) is 4.74 Å². The summed E-state index contributed by atoms with van der Waals surface area (Å²) in [5, 5.41) is 0.508. The third-order valence-corrected chi connectivity index (χ3v) is 5.58. The van der Waals surface area contributed by atoms with E-state index in [9.17, 15) is 9.59 Å². The highest BCUT2D eigenvalue weighted by molar-refractivity contribution is 5.99. The van der Waals surface area contributed by atoms with Crippen molar-refractivity contribution in [2.24, 2.45) is 0 Å². The number of carbonyl (C=O) groups is 1. The first kappa shape index (κ1) is 19.4. The molecule has 1 aromatic heterocycles. The number of benzene rings is 2. The molecule has 1 amide bonds. The predicted molar refractivity (Wildman–Crippen MR) is 113 cm³/mol. The van der Waals surface area contributed by atoms with Crippen LogP contribution in [0.1, 0.15) is 58.6 Å². The number of rotatable bonds is 5. The number of amides is 1. The topological polar surface area (TPSA) is 59.8 Å². The third kappa shape index (κ3) is 3.25. The van der Waals surface area contributed by atoms with E-state index in [-0.39, 0.29) is 17.1 Å². The summed E-state index contributed by atoms with van der Waals surface area (Å²) in [6.07, 6.45) is 0. The van der Waals surface area contributed by atoms with Crippen LogP contribution in [0.15, 0.2) is 51.7 Å². The first-order valence-electron chi connectivity index (χ1n) is 9.89. The van der Waals surface area contributed by atoms with Crippen molar-refractivity contribution in [3.8, 4) is 0 Å². The molecule has 2 heterocycles. The molecule has 1 aliphatic rings. The second kappa shape index (κ2) is 7.48. The molecule has 0 fully saturated rings. The highest BCUT2D eigenvalue weighted by Crippen LogP contribution is 2.38. The second-order valence-electron chi connectivity index (χ2n) is 7.89. The van der Waals surface area contributed by atoms with Gasteiger partial charge in [0.25, 0.3) is 5.91 Å². The van der Waals surface area contributed by atoms with E-state index in [1.165, 1.54) is 5.56 Å². The minimum absolute atomic E-state index is 0.139. The monoisotopic (exact) mass is 391 g/mol. The number of ether oxygens (including phenoxy) is 1. The van der Waals surface area contributed by atoms with Gasteiger partial charge >= 0.3 is 0 Å². The van der Waals surface area contributed by atoms with E-state index in [4.69, 9.17) is 9.15 Å². The fourth-order valence-corrected chi connectivity index (χ4v) is 3.96. The highest BCUT2D eigenvalue weighted by Gasteiger charge is 2.42. The Balaban J connectivity index is 1.92. The second-order valence-corrected chi connectivity index (χ2v) is 7.89. The molecule has 0 saturated heterocycles. The molecule has 0 saturated carbocycles. The average Bonchev–Trinajstić information content (AvgIpc) is 2.99. The smallest absolute Gasteiger partial charge is 0.290 e. The van der Waals surface area contributed by atoms with Gasteiger partial charge in [-0.15, -0.1) is 0 Å². The molecule has 0 radical (unpaired) electrons. The molecular formula is C24H25NO4. The van der Waals surface area contributed by atoms with E-state index >= 15 is 0 Å². The quantitative estimate of drug-likeness (QED) is 0.646. The third-order valence-electron chi connectivity index (χ3n) is 5.58. The highest BCUT2D eigenvalue weighted by atomic mass is 16.5. The van der Waals surface area contributed by atoms with E-state index in [0.29, 0.717) is 35.6 Å². The number of fused-ring (bicyclic) bond motifs is 2. The molecule has 1 aliphatic heterocycles. The van der Waals surface area contributed by atoms with Crippen LogP contribution in [-0.4, -0.2) is 31.1 Å². The lowest BCUT2D eigenvalue weighted by Gasteiger charge is -2.25.